The molecule has 1 aromatic heterocycles. The number of rotatable bonds is 6. The fourth-order valence-corrected chi connectivity index (χ4v) is 2.30. The van der Waals surface area contributed by atoms with E-state index in [1.54, 1.807) is 18.0 Å². The third-order valence-corrected chi connectivity index (χ3v) is 3.90. The number of nitrogens with one attached hydrogen (secondary N) is 2. The molecule has 1 amide bonds. The van der Waals surface area contributed by atoms with E-state index in [0.717, 1.165) is 16.8 Å². The summed E-state index contributed by atoms with van der Waals surface area (Å²) >= 11 is 1.65. The largest absolute Gasteiger partial charge is 0.351 e. The Balaban J connectivity index is 1.84. The zero-order valence-corrected chi connectivity index (χ0v) is 12.5. The molecule has 2 rings (SSSR count). The molecule has 2 aromatic rings. The van der Waals surface area contributed by atoms with Gasteiger partial charge in [0.2, 0.25) is 5.91 Å². The lowest BCUT2D eigenvalue weighted by Gasteiger charge is -2.07. The number of hydrogen-bond donors (Lipinski definition) is 2. The van der Waals surface area contributed by atoms with Crippen LogP contribution in [-0.2, 0) is 11.3 Å². The van der Waals surface area contributed by atoms with Crippen LogP contribution in [0.4, 0.5) is 0 Å². The van der Waals surface area contributed by atoms with Crippen LogP contribution in [0.3, 0.4) is 0 Å². The van der Waals surface area contributed by atoms with Crippen molar-refractivity contribution in [3.05, 3.63) is 42.1 Å². The molecule has 106 valence electrons. The number of amides is 1. The number of benzene rings is 1. The van der Waals surface area contributed by atoms with Gasteiger partial charge in [0.25, 0.3) is 0 Å². The van der Waals surface area contributed by atoms with Crippen molar-refractivity contribution in [3.8, 4) is 11.3 Å². The smallest absolute Gasteiger partial charge is 0.230 e. The zero-order valence-electron chi connectivity index (χ0n) is 11.7. The quantitative estimate of drug-likeness (QED) is 0.859. The summed E-state index contributed by atoms with van der Waals surface area (Å²) in [7, 11) is 0. The number of hydrogen-bond acceptors (Lipinski definition) is 3. The topological polar surface area (TPSA) is 57.8 Å². The SMILES string of the molecule is CC(C)SCC(=O)NCc1ccc(-c2ccn[nH]2)cc1. The first-order valence-corrected chi connectivity index (χ1v) is 7.67. The van der Waals surface area contributed by atoms with Crippen molar-refractivity contribution in [2.24, 2.45) is 0 Å². The van der Waals surface area contributed by atoms with E-state index >= 15 is 0 Å². The van der Waals surface area contributed by atoms with Crippen molar-refractivity contribution in [3.63, 3.8) is 0 Å². The lowest BCUT2D eigenvalue weighted by molar-refractivity contribution is -0.118. The lowest BCUT2D eigenvalue weighted by atomic mass is 10.1. The first-order valence-electron chi connectivity index (χ1n) is 6.62. The fourth-order valence-electron chi connectivity index (χ4n) is 1.71. The summed E-state index contributed by atoms with van der Waals surface area (Å²) in [5, 5.41) is 10.3. The van der Waals surface area contributed by atoms with E-state index in [9.17, 15) is 4.79 Å². The van der Waals surface area contributed by atoms with Crippen LogP contribution >= 0.6 is 11.8 Å². The second-order valence-corrected chi connectivity index (χ2v) is 6.37. The number of thioether (sulfide) groups is 1. The minimum atomic E-state index is 0.0846. The molecule has 1 heterocycles. The highest BCUT2D eigenvalue weighted by Crippen LogP contribution is 2.16. The maximum Gasteiger partial charge on any atom is 0.230 e. The van der Waals surface area contributed by atoms with E-state index < -0.39 is 0 Å². The molecule has 0 radical (unpaired) electrons. The van der Waals surface area contributed by atoms with Crippen LogP contribution in [0.25, 0.3) is 11.3 Å². The summed E-state index contributed by atoms with van der Waals surface area (Å²) in [4.78, 5) is 11.6. The van der Waals surface area contributed by atoms with Crippen molar-refractivity contribution < 1.29 is 4.79 Å². The molecule has 0 spiro atoms. The Labute approximate surface area is 123 Å². The Morgan fingerprint density at radius 1 is 1.30 bits per heavy atom. The Morgan fingerprint density at radius 3 is 2.65 bits per heavy atom. The number of H-pyrrole nitrogens is 1. The standard InChI is InChI=1S/C15H19N3OS/c1-11(2)20-10-15(19)16-9-12-3-5-13(6-4-12)14-7-8-17-18-14/h3-8,11H,9-10H2,1-2H3,(H,16,19)(H,17,18). The minimum absolute atomic E-state index is 0.0846. The molecule has 0 aliphatic rings. The van der Waals surface area contributed by atoms with Crippen LogP contribution in [0.15, 0.2) is 36.5 Å². The number of carbonyl (C=O) groups excluding carboxylic acids is 1. The number of carbonyl (C=O) groups is 1. The van der Waals surface area contributed by atoms with E-state index in [1.807, 2.05) is 30.3 Å². The Bertz CT molecular complexity index is 535. The van der Waals surface area contributed by atoms with Gasteiger partial charge in [0.15, 0.2) is 0 Å². The van der Waals surface area contributed by atoms with Gasteiger partial charge in [-0.15, -0.1) is 11.8 Å². The molecule has 1 aromatic carbocycles. The summed E-state index contributed by atoms with van der Waals surface area (Å²) < 4.78 is 0. The van der Waals surface area contributed by atoms with Gasteiger partial charge < -0.3 is 5.32 Å². The molecule has 0 aliphatic heterocycles. The van der Waals surface area contributed by atoms with E-state index in [0.29, 0.717) is 17.5 Å². The normalized spacial score (nSPS) is 10.8. The van der Waals surface area contributed by atoms with Gasteiger partial charge >= 0.3 is 0 Å². The number of nitrogens with zero attached hydrogens (tertiary/aromatic N) is 1. The summed E-state index contributed by atoms with van der Waals surface area (Å²) in [6.45, 7) is 4.75. The van der Waals surface area contributed by atoms with Crippen LogP contribution < -0.4 is 5.32 Å². The van der Waals surface area contributed by atoms with Gasteiger partial charge in [0.05, 0.1) is 11.4 Å². The summed E-state index contributed by atoms with van der Waals surface area (Å²) in [6, 6.07) is 10.0. The molecule has 0 saturated heterocycles. The highest BCUT2D eigenvalue weighted by Gasteiger charge is 2.04. The van der Waals surface area contributed by atoms with Gasteiger partial charge in [-0.3, -0.25) is 9.89 Å². The molecule has 0 saturated carbocycles. The van der Waals surface area contributed by atoms with Gasteiger partial charge in [0, 0.05) is 12.7 Å². The van der Waals surface area contributed by atoms with Crippen LogP contribution in [0.5, 0.6) is 0 Å². The monoisotopic (exact) mass is 289 g/mol. The third-order valence-electron chi connectivity index (χ3n) is 2.80. The molecule has 0 bridgehead atoms. The van der Waals surface area contributed by atoms with Crippen molar-refractivity contribution in [1.82, 2.24) is 15.5 Å². The summed E-state index contributed by atoms with van der Waals surface area (Å²) in [5.41, 5.74) is 3.18. The van der Waals surface area contributed by atoms with Crippen LogP contribution in [-0.4, -0.2) is 27.1 Å². The van der Waals surface area contributed by atoms with Gasteiger partial charge in [-0.05, 0) is 22.4 Å². The van der Waals surface area contributed by atoms with Gasteiger partial charge in [-0.1, -0.05) is 38.1 Å². The van der Waals surface area contributed by atoms with Crippen LogP contribution in [0, 0.1) is 0 Å². The van der Waals surface area contributed by atoms with Crippen LogP contribution in [0.2, 0.25) is 0 Å². The molecule has 0 atom stereocenters. The molecule has 2 N–H and O–H groups in total. The van der Waals surface area contributed by atoms with Gasteiger partial charge in [0.1, 0.15) is 0 Å². The van der Waals surface area contributed by atoms with Crippen LogP contribution in [0.1, 0.15) is 19.4 Å². The first kappa shape index (κ1) is 14.7. The predicted octanol–water partition coefficient (Wildman–Crippen LogP) is 2.83. The maximum atomic E-state index is 11.6. The maximum absolute atomic E-state index is 11.6. The molecule has 0 aliphatic carbocycles. The Morgan fingerprint density at radius 2 is 2.05 bits per heavy atom. The van der Waals surface area contributed by atoms with Crippen molar-refractivity contribution >= 4 is 17.7 Å². The second-order valence-electron chi connectivity index (χ2n) is 4.80. The average Bonchev–Trinajstić information content (AvgIpc) is 2.97. The second kappa shape index (κ2) is 7.14. The van der Waals surface area contributed by atoms with Crippen molar-refractivity contribution in [2.75, 3.05) is 5.75 Å². The third kappa shape index (κ3) is 4.42. The highest BCUT2D eigenvalue weighted by molar-refractivity contribution is 8.00. The lowest BCUT2D eigenvalue weighted by Crippen LogP contribution is -2.25. The Hall–Kier alpha value is -1.75. The summed E-state index contributed by atoms with van der Waals surface area (Å²) in [6.07, 6.45) is 1.73. The average molecular weight is 289 g/mol. The number of aromatic nitrogens is 2. The number of aromatic amines is 1. The molecule has 0 unspecified atom stereocenters. The van der Waals surface area contributed by atoms with E-state index in [-0.39, 0.29) is 5.91 Å². The Kier molecular flexibility index (Phi) is 5.24. The van der Waals surface area contributed by atoms with Crippen molar-refractivity contribution in [1.29, 1.82) is 0 Å². The fraction of sp³-hybridized carbons (Fsp3) is 0.333. The molecule has 0 fully saturated rings. The van der Waals surface area contributed by atoms with E-state index in [4.69, 9.17) is 0 Å². The summed E-state index contributed by atoms with van der Waals surface area (Å²) in [5.74, 6) is 0.602. The predicted molar refractivity (Wildman–Crippen MR) is 83.5 cm³/mol. The minimum Gasteiger partial charge on any atom is -0.351 e. The van der Waals surface area contributed by atoms with Gasteiger partial charge in [-0.2, -0.15) is 5.10 Å². The van der Waals surface area contributed by atoms with Crippen molar-refractivity contribution in [2.45, 2.75) is 25.6 Å². The zero-order chi connectivity index (χ0) is 14.4. The molecule has 4 nitrogen and oxygen atoms in total. The van der Waals surface area contributed by atoms with Gasteiger partial charge in [-0.25, -0.2) is 0 Å². The molecular weight excluding hydrogens is 270 g/mol. The molecular formula is C15H19N3OS. The molecule has 5 heteroatoms. The van der Waals surface area contributed by atoms with E-state index in [2.05, 4.69) is 29.4 Å². The van der Waals surface area contributed by atoms with E-state index in [1.165, 1.54) is 0 Å². The first-order chi connectivity index (χ1) is 9.65. The highest BCUT2D eigenvalue weighted by atomic mass is 32.2. The molecule has 20 heavy (non-hydrogen) atoms.